The van der Waals surface area contributed by atoms with E-state index >= 15 is 0 Å². The first-order valence-electron chi connectivity index (χ1n) is 10.9. The summed E-state index contributed by atoms with van der Waals surface area (Å²) >= 11 is 1.63. The van der Waals surface area contributed by atoms with Gasteiger partial charge in [0.15, 0.2) is 0 Å². The number of rotatable bonds is 7. The summed E-state index contributed by atoms with van der Waals surface area (Å²) in [4.78, 5) is 26.5. The van der Waals surface area contributed by atoms with Gasteiger partial charge in [-0.25, -0.2) is 15.0 Å². The third-order valence-electron chi connectivity index (χ3n) is 5.62. The molecule has 5 rings (SSSR count). The van der Waals surface area contributed by atoms with Gasteiger partial charge in [0, 0.05) is 24.5 Å². The van der Waals surface area contributed by atoms with Crippen molar-refractivity contribution in [2.45, 2.75) is 18.8 Å². The number of anilines is 1. The van der Waals surface area contributed by atoms with Crippen LogP contribution < -0.4 is 10.1 Å². The van der Waals surface area contributed by atoms with Crippen LogP contribution >= 0.6 is 11.3 Å². The molecule has 0 saturated carbocycles. The highest BCUT2D eigenvalue weighted by molar-refractivity contribution is 7.18. The van der Waals surface area contributed by atoms with E-state index in [0.717, 1.165) is 20.8 Å². The number of carbonyl (C=O) groups excluding carboxylic acids is 1. The number of hydrogen-bond donors (Lipinski definition) is 1. The highest BCUT2D eigenvalue weighted by Crippen LogP contribution is 2.33. The molecule has 34 heavy (non-hydrogen) atoms. The van der Waals surface area contributed by atoms with Crippen LogP contribution in [0.1, 0.15) is 17.5 Å². The molecule has 0 radical (unpaired) electrons. The minimum atomic E-state index is -0.803. The molecule has 3 aromatic carbocycles. The maximum Gasteiger partial charge on any atom is 0.321 e. The Balaban J connectivity index is 1.38. The van der Waals surface area contributed by atoms with Crippen LogP contribution in [0, 0.1) is 0 Å². The Morgan fingerprint density at radius 3 is 2.35 bits per heavy atom. The van der Waals surface area contributed by atoms with Crippen molar-refractivity contribution >= 4 is 33.1 Å². The molecule has 0 fully saturated rings. The maximum absolute atomic E-state index is 13.6. The number of benzene rings is 3. The van der Waals surface area contributed by atoms with E-state index in [1.54, 1.807) is 54.1 Å². The number of thiazole rings is 1. The number of ether oxygens (including phenoxy) is 1. The Kier molecular flexibility index (Phi) is 6.01. The SMILES string of the molecule is CC(Cc1nc2ccccc2s1)(C(=O)Nc1ccc(Oc2ncccn2)cc1)c1ccccc1. The van der Waals surface area contributed by atoms with Crippen molar-refractivity contribution in [1.82, 2.24) is 15.0 Å². The highest BCUT2D eigenvalue weighted by atomic mass is 32.1. The van der Waals surface area contributed by atoms with E-state index < -0.39 is 5.41 Å². The molecule has 1 amide bonds. The lowest BCUT2D eigenvalue weighted by molar-refractivity contribution is -0.121. The monoisotopic (exact) mass is 466 g/mol. The number of nitrogens with one attached hydrogen (secondary N) is 1. The molecule has 1 atom stereocenters. The van der Waals surface area contributed by atoms with Crippen LogP contribution in [0.4, 0.5) is 5.69 Å². The molecule has 1 unspecified atom stereocenters. The predicted octanol–water partition coefficient (Wildman–Crippen LogP) is 6.02. The van der Waals surface area contributed by atoms with E-state index in [1.807, 2.05) is 55.5 Å². The van der Waals surface area contributed by atoms with Crippen LogP contribution in [-0.4, -0.2) is 20.9 Å². The van der Waals surface area contributed by atoms with Gasteiger partial charge in [0.25, 0.3) is 0 Å². The lowest BCUT2D eigenvalue weighted by Gasteiger charge is -2.28. The fourth-order valence-electron chi connectivity index (χ4n) is 3.74. The summed E-state index contributed by atoms with van der Waals surface area (Å²) in [5.41, 5.74) is 1.77. The molecular formula is C27H22N4O2S. The van der Waals surface area contributed by atoms with E-state index in [2.05, 4.69) is 21.4 Å². The third-order valence-corrected chi connectivity index (χ3v) is 6.65. The zero-order valence-electron chi connectivity index (χ0n) is 18.5. The van der Waals surface area contributed by atoms with Crippen molar-refractivity contribution in [3.63, 3.8) is 0 Å². The molecule has 7 heteroatoms. The smallest absolute Gasteiger partial charge is 0.321 e. The van der Waals surface area contributed by atoms with Crippen LogP contribution in [0.5, 0.6) is 11.8 Å². The van der Waals surface area contributed by atoms with Gasteiger partial charge in [-0.05, 0) is 55.0 Å². The second-order valence-electron chi connectivity index (χ2n) is 8.06. The van der Waals surface area contributed by atoms with E-state index in [4.69, 9.17) is 9.72 Å². The van der Waals surface area contributed by atoms with Crippen LogP contribution in [0.15, 0.2) is 97.3 Å². The Labute approximate surface area is 201 Å². The summed E-state index contributed by atoms with van der Waals surface area (Å²) in [6.07, 6.45) is 3.73. The highest BCUT2D eigenvalue weighted by Gasteiger charge is 2.36. The number of para-hydroxylation sites is 1. The topological polar surface area (TPSA) is 77.0 Å². The second kappa shape index (κ2) is 9.41. The summed E-state index contributed by atoms with van der Waals surface area (Å²) in [7, 11) is 0. The van der Waals surface area contributed by atoms with Gasteiger partial charge in [-0.15, -0.1) is 11.3 Å². The van der Waals surface area contributed by atoms with Crippen molar-refractivity contribution in [1.29, 1.82) is 0 Å². The summed E-state index contributed by atoms with van der Waals surface area (Å²) in [6.45, 7) is 1.97. The lowest BCUT2D eigenvalue weighted by atomic mass is 9.78. The zero-order valence-corrected chi connectivity index (χ0v) is 19.3. The first-order valence-corrected chi connectivity index (χ1v) is 11.7. The minimum absolute atomic E-state index is 0.0991. The fourth-order valence-corrected chi connectivity index (χ4v) is 4.86. The number of aromatic nitrogens is 3. The molecule has 6 nitrogen and oxygen atoms in total. The minimum Gasteiger partial charge on any atom is -0.424 e. The number of amides is 1. The van der Waals surface area contributed by atoms with Gasteiger partial charge >= 0.3 is 6.01 Å². The maximum atomic E-state index is 13.6. The normalized spacial score (nSPS) is 12.7. The first kappa shape index (κ1) is 21.7. The quantitative estimate of drug-likeness (QED) is 0.317. The van der Waals surface area contributed by atoms with Gasteiger partial charge in [-0.1, -0.05) is 42.5 Å². The molecule has 0 aliphatic heterocycles. The van der Waals surface area contributed by atoms with E-state index in [0.29, 0.717) is 17.9 Å². The summed E-state index contributed by atoms with van der Waals surface area (Å²) in [5.74, 6) is 0.488. The molecule has 2 heterocycles. The average Bonchev–Trinajstić information content (AvgIpc) is 3.28. The van der Waals surface area contributed by atoms with Crippen molar-refractivity contribution in [3.8, 4) is 11.8 Å². The number of carbonyl (C=O) groups is 1. The molecular weight excluding hydrogens is 444 g/mol. The van der Waals surface area contributed by atoms with Gasteiger partial charge in [0.05, 0.1) is 20.6 Å². The second-order valence-corrected chi connectivity index (χ2v) is 9.18. The Morgan fingerprint density at radius 2 is 1.62 bits per heavy atom. The molecule has 0 aliphatic rings. The van der Waals surface area contributed by atoms with Crippen molar-refractivity contribution < 1.29 is 9.53 Å². The molecule has 0 saturated heterocycles. The number of nitrogens with zero attached hydrogens (tertiary/aromatic N) is 3. The summed E-state index contributed by atoms with van der Waals surface area (Å²) in [5, 5.41) is 4.00. The fraction of sp³-hybridized carbons (Fsp3) is 0.111. The molecule has 5 aromatic rings. The van der Waals surface area contributed by atoms with Gasteiger partial charge in [0.1, 0.15) is 5.75 Å². The summed E-state index contributed by atoms with van der Waals surface area (Å²) in [6, 6.07) is 27.0. The van der Waals surface area contributed by atoms with E-state index in [9.17, 15) is 4.79 Å². The van der Waals surface area contributed by atoms with E-state index in [-0.39, 0.29) is 11.9 Å². The summed E-state index contributed by atoms with van der Waals surface area (Å²) < 4.78 is 6.76. The third kappa shape index (κ3) is 4.65. The Morgan fingerprint density at radius 1 is 0.912 bits per heavy atom. The number of fused-ring (bicyclic) bond motifs is 1. The van der Waals surface area contributed by atoms with Gasteiger partial charge in [-0.3, -0.25) is 4.79 Å². The average molecular weight is 467 g/mol. The van der Waals surface area contributed by atoms with Gasteiger partial charge in [0.2, 0.25) is 5.91 Å². The van der Waals surface area contributed by atoms with Crippen LogP contribution in [0.3, 0.4) is 0 Å². The van der Waals surface area contributed by atoms with Crippen molar-refractivity contribution in [2.75, 3.05) is 5.32 Å². The van der Waals surface area contributed by atoms with Crippen LogP contribution in [-0.2, 0) is 16.6 Å². The lowest BCUT2D eigenvalue weighted by Crippen LogP contribution is -2.39. The van der Waals surface area contributed by atoms with Crippen LogP contribution in [0.2, 0.25) is 0 Å². The molecule has 0 bridgehead atoms. The van der Waals surface area contributed by atoms with Gasteiger partial charge in [-0.2, -0.15) is 0 Å². The Hall–Kier alpha value is -4.10. The molecule has 0 aliphatic carbocycles. The molecule has 0 spiro atoms. The van der Waals surface area contributed by atoms with Crippen LogP contribution in [0.25, 0.3) is 10.2 Å². The zero-order chi connectivity index (χ0) is 23.4. The van der Waals surface area contributed by atoms with E-state index in [1.165, 1.54) is 0 Å². The predicted molar refractivity (Wildman–Crippen MR) is 134 cm³/mol. The number of hydrogen-bond acceptors (Lipinski definition) is 6. The standard InChI is InChI=1S/C27H22N4O2S/c1-27(19-8-3-2-4-9-19,18-24-31-22-10-5-6-11-23(22)34-24)25(32)30-20-12-14-21(15-13-20)33-26-28-16-7-17-29-26/h2-17H,18H2,1H3,(H,30,32). The van der Waals surface area contributed by atoms with Crippen molar-refractivity contribution in [2.24, 2.45) is 0 Å². The van der Waals surface area contributed by atoms with Crippen molar-refractivity contribution in [3.05, 3.63) is 108 Å². The largest absolute Gasteiger partial charge is 0.424 e. The first-order chi connectivity index (χ1) is 16.6. The molecule has 168 valence electrons. The molecule has 2 aromatic heterocycles. The Bertz CT molecular complexity index is 1370. The van der Waals surface area contributed by atoms with Gasteiger partial charge < -0.3 is 10.1 Å². The molecule has 1 N–H and O–H groups in total.